The molecule has 1 aromatic rings. The molecular weight excluding hydrogens is 332 g/mol. The molecule has 0 aromatic heterocycles. The number of piperazine rings is 1. The third-order valence-electron chi connectivity index (χ3n) is 3.90. The fourth-order valence-electron chi connectivity index (χ4n) is 2.68. The molecule has 4 nitrogen and oxygen atoms in total. The molecule has 1 saturated heterocycles. The summed E-state index contributed by atoms with van der Waals surface area (Å²) in [6.45, 7) is 7.77. The predicted octanol–water partition coefficient (Wildman–Crippen LogP) is 3.02. The lowest BCUT2D eigenvalue weighted by molar-refractivity contribution is -0.134. The van der Waals surface area contributed by atoms with E-state index in [0.29, 0.717) is 6.42 Å². The van der Waals surface area contributed by atoms with Crippen LogP contribution in [0.25, 0.3) is 0 Å². The van der Waals surface area contributed by atoms with Crippen molar-refractivity contribution in [2.24, 2.45) is 5.92 Å². The van der Waals surface area contributed by atoms with Gasteiger partial charge in [0.05, 0.1) is 0 Å². The van der Waals surface area contributed by atoms with Gasteiger partial charge >= 0.3 is 0 Å². The number of aryl methyl sites for hydroxylation is 1. The molecule has 1 aliphatic heterocycles. The Kier molecular flexibility index (Phi) is 4.71. The van der Waals surface area contributed by atoms with E-state index in [-0.39, 0.29) is 17.7 Å². The maximum Gasteiger partial charge on any atom is 0.250 e. The van der Waals surface area contributed by atoms with Gasteiger partial charge in [-0.05, 0) is 37.0 Å². The number of amides is 2. The highest BCUT2D eigenvalue weighted by Gasteiger charge is 2.42. The standard InChI is InChI=1S/C16H21BrN2O2/c1-5-12-15(20)18-14(9(2)3)16(21)19(12)13-8-11(17)7-6-10(13)4/h6-9,12,14H,5H2,1-4H3,(H,18,20). The fourth-order valence-corrected chi connectivity index (χ4v) is 3.03. The second-order valence-corrected chi connectivity index (χ2v) is 6.71. The molecule has 0 spiro atoms. The fraction of sp³-hybridized carbons (Fsp3) is 0.500. The summed E-state index contributed by atoms with van der Waals surface area (Å²) in [4.78, 5) is 26.9. The van der Waals surface area contributed by atoms with E-state index in [9.17, 15) is 9.59 Å². The van der Waals surface area contributed by atoms with Gasteiger partial charge < -0.3 is 5.32 Å². The first-order chi connectivity index (χ1) is 9.86. The van der Waals surface area contributed by atoms with Crippen molar-refractivity contribution in [3.8, 4) is 0 Å². The van der Waals surface area contributed by atoms with Crippen LogP contribution >= 0.6 is 15.9 Å². The van der Waals surface area contributed by atoms with Gasteiger partial charge in [-0.25, -0.2) is 0 Å². The summed E-state index contributed by atoms with van der Waals surface area (Å²) in [6, 6.07) is 4.90. The molecule has 1 aromatic carbocycles. The molecule has 1 aliphatic rings. The van der Waals surface area contributed by atoms with Crippen molar-refractivity contribution in [3.05, 3.63) is 28.2 Å². The summed E-state index contributed by atoms with van der Waals surface area (Å²) in [5.74, 6) is -0.0398. The van der Waals surface area contributed by atoms with Gasteiger partial charge in [-0.1, -0.05) is 42.8 Å². The summed E-state index contributed by atoms with van der Waals surface area (Å²) in [5.41, 5.74) is 1.80. The summed E-state index contributed by atoms with van der Waals surface area (Å²) >= 11 is 3.45. The summed E-state index contributed by atoms with van der Waals surface area (Å²) in [7, 11) is 0. The van der Waals surface area contributed by atoms with Crippen LogP contribution in [0.15, 0.2) is 22.7 Å². The van der Waals surface area contributed by atoms with Gasteiger partial charge in [0, 0.05) is 10.2 Å². The number of carbonyl (C=O) groups is 2. The van der Waals surface area contributed by atoms with Gasteiger partial charge in [0.25, 0.3) is 5.91 Å². The van der Waals surface area contributed by atoms with Crippen molar-refractivity contribution in [1.82, 2.24) is 5.32 Å². The molecule has 1 heterocycles. The SMILES string of the molecule is CCC1C(=O)NC(C(C)C)C(=O)N1c1cc(Br)ccc1C. The van der Waals surface area contributed by atoms with Crippen molar-refractivity contribution in [2.45, 2.75) is 46.2 Å². The van der Waals surface area contributed by atoms with E-state index in [1.54, 1.807) is 4.90 Å². The minimum absolute atomic E-state index is 0.0300. The molecule has 1 fully saturated rings. The lowest BCUT2D eigenvalue weighted by Gasteiger charge is -2.40. The van der Waals surface area contributed by atoms with E-state index >= 15 is 0 Å². The topological polar surface area (TPSA) is 49.4 Å². The number of carbonyl (C=O) groups excluding carboxylic acids is 2. The Balaban J connectivity index is 2.51. The molecule has 114 valence electrons. The third kappa shape index (κ3) is 2.98. The number of nitrogens with zero attached hydrogens (tertiary/aromatic N) is 1. The largest absolute Gasteiger partial charge is 0.342 e. The molecule has 0 radical (unpaired) electrons. The molecule has 2 unspecified atom stereocenters. The van der Waals surface area contributed by atoms with Crippen molar-refractivity contribution < 1.29 is 9.59 Å². The van der Waals surface area contributed by atoms with E-state index in [2.05, 4.69) is 21.2 Å². The number of benzene rings is 1. The van der Waals surface area contributed by atoms with Crippen LogP contribution in [0, 0.1) is 12.8 Å². The van der Waals surface area contributed by atoms with Crippen LogP contribution in [0.1, 0.15) is 32.8 Å². The Morgan fingerprint density at radius 3 is 2.57 bits per heavy atom. The van der Waals surface area contributed by atoms with Crippen LogP contribution in [0.3, 0.4) is 0 Å². The monoisotopic (exact) mass is 352 g/mol. The summed E-state index contributed by atoms with van der Waals surface area (Å²) in [6.07, 6.45) is 0.592. The Morgan fingerprint density at radius 1 is 1.33 bits per heavy atom. The lowest BCUT2D eigenvalue weighted by Crippen LogP contribution is -2.65. The molecular formula is C16H21BrN2O2. The highest BCUT2D eigenvalue weighted by molar-refractivity contribution is 9.10. The lowest BCUT2D eigenvalue weighted by atomic mass is 9.95. The van der Waals surface area contributed by atoms with Gasteiger partial charge in [0.15, 0.2) is 0 Å². The van der Waals surface area contributed by atoms with Gasteiger partial charge in [-0.2, -0.15) is 0 Å². The molecule has 21 heavy (non-hydrogen) atoms. The van der Waals surface area contributed by atoms with Crippen molar-refractivity contribution in [3.63, 3.8) is 0 Å². The number of anilines is 1. The van der Waals surface area contributed by atoms with Crippen molar-refractivity contribution >= 4 is 33.4 Å². The molecule has 1 N–H and O–H groups in total. The average molecular weight is 353 g/mol. The number of halogens is 1. The highest BCUT2D eigenvalue weighted by atomic mass is 79.9. The molecule has 5 heteroatoms. The maximum atomic E-state index is 12.8. The highest BCUT2D eigenvalue weighted by Crippen LogP contribution is 2.30. The molecule has 0 aliphatic carbocycles. The zero-order chi connectivity index (χ0) is 15.7. The van der Waals surface area contributed by atoms with Crippen LogP contribution in [-0.2, 0) is 9.59 Å². The third-order valence-corrected chi connectivity index (χ3v) is 4.39. The Hall–Kier alpha value is -1.36. The van der Waals surface area contributed by atoms with E-state index in [4.69, 9.17) is 0 Å². The summed E-state index contributed by atoms with van der Waals surface area (Å²) in [5, 5.41) is 2.86. The van der Waals surface area contributed by atoms with Crippen molar-refractivity contribution in [2.75, 3.05) is 4.90 Å². The van der Waals surface area contributed by atoms with Gasteiger partial charge in [0.1, 0.15) is 12.1 Å². The van der Waals surface area contributed by atoms with Crippen molar-refractivity contribution in [1.29, 1.82) is 0 Å². The number of hydrogen-bond acceptors (Lipinski definition) is 2. The quantitative estimate of drug-likeness (QED) is 0.908. The van der Waals surface area contributed by atoms with Crippen LogP contribution < -0.4 is 10.2 Å². The van der Waals surface area contributed by atoms with Crippen LogP contribution in [-0.4, -0.2) is 23.9 Å². The minimum Gasteiger partial charge on any atom is -0.342 e. The zero-order valence-electron chi connectivity index (χ0n) is 12.8. The van der Waals surface area contributed by atoms with Gasteiger partial charge in [-0.3, -0.25) is 14.5 Å². The van der Waals surface area contributed by atoms with Crippen LogP contribution in [0.5, 0.6) is 0 Å². The van der Waals surface area contributed by atoms with E-state index in [1.807, 2.05) is 45.9 Å². The number of nitrogens with one attached hydrogen (secondary N) is 1. The van der Waals surface area contributed by atoms with Crippen LogP contribution in [0.4, 0.5) is 5.69 Å². The average Bonchev–Trinajstić information content (AvgIpc) is 2.43. The first-order valence-electron chi connectivity index (χ1n) is 7.26. The van der Waals surface area contributed by atoms with E-state index in [0.717, 1.165) is 15.7 Å². The minimum atomic E-state index is -0.460. The second-order valence-electron chi connectivity index (χ2n) is 5.79. The first kappa shape index (κ1) is 16.0. The Labute approximate surface area is 134 Å². The first-order valence-corrected chi connectivity index (χ1v) is 8.05. The summed E-state index contributed by atoms with van der Waals surface area (Å²) < 4.78 is 0.901. The van der Waals surface area contributed by atoms with E-state index < -0.39 is 12.1 Å². The number of rotatable bonds is 3. The normalized spacial score (nSPS) is 22.7. The van der Waals surface area contributed by atoms with E-state index in [1.165, 1.54) is 0 Å². The maximum absolute atomic E-state index is 12.8. The molecule has 2 atom stereocenters. The van der Waals surface area contributed by atoms with Crippen LogP contribution in [0.2, 0.25) is 0 Å². The molecule has 0 saturated carbocycles. The second kappa shape index (κ2) is 6.18. The van der Waals surface area contributed by atoms with Gasteiger partial charge in [-0.15, -0.1) is 0 Å². The zero-order valence-corrected chi connectivity index (χ0v) is 14.4. The molecule has 0 bridgehead atoms. The van der Waals surface area contributed by atoms with Gasteiger partial charge in [0.2, 0.25) is 5.91 Å². The molecule has 2 amide bonds. The number of hydrogen-bond donors (Lipinski definition) is 1. The Bertz CT molecular complexity index is 571. The predicted molar refractivity (Wildman–Crippen MR) is 87.2 cm³/mol. The smallest absolute Gasteiger partial charge is 0.250 e. The molecule has 2 rings (SSSR count). The Morgan fingerprint density at radius 2 is 2.00 bits per heavy atom.